The summed E-state index contributed by atoms with van der Waals surface area (Å²) >= 11 is 0. The zero-order valence-corrected chi connectivity index (χ0v) is 11.2. The molecular formula is C10H20NO3P. The third-order valence-electron chi connectivity index (χ3n) is 2.11. The van der Waals surface area contributed by atoms with Crippen molar-refractivity contribution in [3.63, 3.8) is 0 Å². The highest BCUT2D eigenvalue weighted by molar-refractivity contribution is 7.17. The standard InChI is InChI=1S/C8H14NO3P.C2H6/c1-4-5(10)9-6(13)8(2,3)12-7(9)11;1-2/h6H,4,13H2,1-3H3;1-2H3/t6-;/m1./s1. The molecule has 88 valence electrons. The van der Waals surface area contributed by atoms with E-state index in [0.29, 0.717) is 6.42 Å². The molecule has 1 aliphatic rings. The minimum absolute atomic E-state index is 0.199. The molecule has 0 saturated carbocycles. The third kappa shape index (κ3) is 2.91. The lowest BCUT2D eigenvalue weighted by Crippen LogP contribution is -2.40. The number of hydrogen-bond donors (Lipinski definition) is 0. The summed E-state index contributed by atoms with van der Waals surface area (Å²) in [6.07, 6.45) is -0.229. The Balaban J connectivity index is 0.000000921. The van der Waals surface area contributed by atoms with E-state index in [1.807, 2.05) is 13.8 Å². The minimum atomic E-state index is -0.605. The predicted molar refractivity (Wildman–Crippen MR) is 62.5 cm³/mol. The molecule has 0 aromatic rings. The minimum Gasteiger partial charge on any atom is -0.440 e. The van der Waals surface area contributed by atoms with Gasteiger partial charge in [-0.2, -0.15) is 0 Å². The second-order valence-corrected chi connectivity index (χ2v) is 4.17. The Morgan fingerprint density at radius 1 is 1.53 bits per heavy atom. The summed E-state index contributed by atoms with van der Waals surface area (Å²) in [5.41, 5.74) is -0.605. The van der Waals surface area contributed by atoms with Gasteiger partial charge in [-0.15, -0.1) is 9.24 Å². The molecule has 0 radical (unpaired) electrons. The molecule has 5 heteroatoms. The van der Waals surface area contributed by atoms with Crippen molar-refractivity contribution < 1.29 is 14.3 Å². The fraction of sp³-hybridized carbons (Fsp3) is 0.800. The van der Waals surface area contributed by atoms with E-state index in [1.165, 1.54) is 0 Å². The summed E-state index contributed by atoms with van der Waals surface area (Å²) < 4.78 is 5.04. The van der Waals surface area contributed by atoms with Crippen LogP contribution in [-0.2, 0) is 9.53 Å². The summed E-state index contributed by atoms with van der Waals surface area (Å²) in [5.74, 6) is -0.469. The summed E-state index contributed by atoms with van der Waals surface area (Å²) in [6.45, 7) is 9.29. The van der Waals surface area contributed by atoms with E-state index < -0.39 is 11.7 Å². The van der Waals surface area contributed by atoms with Crippen molar-refractivity contribution in [1.29, 1.82) is 0 Å². The van der Waals surface area contributed by atoms with Gasteiger partial charge in [-0.25, -0.2) is 9.69 Å². The maximum Gasteiger partial charge on any atom is 0.417 e. The van der Waals surface area contributed by atoms with Crippen LogP contribution in [0.2, 0.25) is 0 Å². The summed E-state index contributed by atoms with van der Waals surface area (Å²) in [7, 11) is 2.46. The monoisotopic (exact) mass is 233 g/mol. The molecule has 1 unspecified atom stereocenters. The van der Waals surface area contributed by atoms with Crippen LogP contribution in [0.5, 0.6) is 0 Å². The van der Waals surface area contributed by atoms with E-state index in [-0.39, 0.29) is 11.7 Å². The Labute approximate surface area is 93.6 Å². The largest absolute Gasteiger partial charge is 0.440 e. The lowest BCUT2D eigenvalue weighted by Gasteiger charge is -2.23. The fourth-order valence-electron chi connectivity index (χ4n) is 1.19. The molecule has 1 fully saturated rings. The second kappa shape index (κ2) is 5.45. The van der Waals surface area contributed by atoms with Gasteiger partial charge in [0, 0.05) is 6.42 Å². The van der Waals surface area contributed by atoms with Crippen LogP contribution in [0.25, 0.3) is 0 Å². The van der Waals surface area contributed by atoms with Crippen molar-refractivity contribution in [1.82, 2.24) is 4.90 Å². The molecule has 1 heterocycles. The van der Waals surface area contributed by atoms with E-state index in [2.05, 4.69) is 9.24 Å². The molecular weight excluding hydrogens is 213 g/mol. The number of imide groups is 1. The SMILES string of the molecule is CC.CCC(=O)N1C(=O)OC(C)(C)[C@H]1P. The van der Waals surface area contributed by atoms with Gasteiger partial charge < -0.3 is 4.74 Å². The molecule has 1 saturated heterocycles. The first-order valence-corrected chi connectivity index (χ1v) is 5.87. The number of hydrogen-bond acceptors (Lipinski definition) is 3. The number of nitrogens with zero attached hydrogens (tertiary/aromatic N) is 1. The van der Waals surface area contributed by atoms with Crippen LogP contribution in [-0.4, -0.2) is 28.3 Å². The Bertz CT molecular complexity index is 253. The molecule has 0 aromatic carbocycles. The lowest BCUT2D eigenvalue weighted by atomic mass is 10.1. The average Bonchev–Trinajstić information content (AvgIpc) is 2.39. The van der Waals surface area contributed by atoms with E-state index >= 15 is 0 Å². The van der Waals surface area contributed by atoms with Crippen LogP contribution in [0.4, 0.5) is 4.79 Å². The highest BCUT2D eigenvalue weighted by Gasteiger charge is 2.47. The van der Waals surface area contributed by atoms with E-state index in [9.17, 15) is 9.59 Å². The van der Waals surface area contributed by atoms with Crippen LogP contribution in [0.1, 0.15) is 41.0 Å². The van der Waals surface area contributed by atoms with Gasteiger partial charge in [-0.1, -0.05) is 20.8 Å². The van der Waals surface area contributed by atoms with Gasteiger partial charge >= 0.3 is 6.09 Å². The molecule has 2 atom stereocenters. The van der Waals surface area contributed by atoms with E-state index in [0.717, 1.165) is 4.90 Å². The first-order valence-electron chi connectivity index (χ1n) is 5.20. The smallest absolute Gasteiger partial charge is 0.417 e. The first-order chi connectivity index (χ1) is 6.90. The maximum atomic E-state index is 11.3. The van der Waals surface area contributed by atoms with Crippen LogP contribution in [0, 0.1) is 0 Å². The van der Waals surface area contributed by atoms with Crippen molar-refractivity contribution in [2.75, 3.05) is 0 Å². The summed E-state index contributed by atoms with van der Waals surface area (Å²) in [5, 5.41) is 0. The maximum absolute atomic E-state index is 11.3. The molecule has 4 nitrogen and oxygen atoms in total. The Hall–Kier alpha value is -0.630. The molecule has 0 aliphatic carbocycles. The Morgan fingerprint density at radius 2 is 2.00 bits per heavy atom. The number of carbonyl (C=O) groups excluding carboxylic acids is 2. The third-order valence-corrected chi connectivity index (χ3v) is 3.21. The van der Waals surface area contributed by atoms with Crippen molar-refractivity contribution in [3.05, 3.63) is 0 Å². The number of rotatable bonds is 1. The molecule has 15 heavy (non-hydrogen) atoms. The highest BCUT2D eigenvalue weighted by atomic mass is 31.0. The molecule has 2 amide bonds. The molecule has 1 aliphatic heterocycles. The van der Waals surface area contributed by atoms with Gasteiger partial charge in [0.25, 0.3) is 0 Å². The van der Waals surface area contributed by atoms with Crippen LogP contribution in [0.15, 0.2) is 0 Å². The first kappa shape index (κ1) is 14.4. The predicted octanol–water partition coefficient (Wildman–Crippen LogP) is 2.38. The topological polar surface area (TPSA) is 46.6 Å². The fourth-order valence-corrected chi connectivity index (χ4v) is 1.54. The summed E-state index contributed by atoms with van der Waals surface area (Å²) in [6, 6.07) is 0. The molecule has 0 bridgehead atoms. The number of amides is 2. The quantitative estimate of drug-likeness (QED) is 0.653. The normalized spacial score (nSPS) is 22.9. The van der Waals surface area contributed by atoms with Crippen molar-refractivity contribution in [3.8, 4) is 0 Å². The van der Waals surface area contributed by atoms with E-state index in [1.54, 1.807) is 20.8 Å². The van der Waals surface area contributed by atoms with Crippen LogP contribution in [0.3, 0.4) is 0 Å². The molecule has 0 aromatic heterocycles. The summed E-state index contributed by atoms with van der Waals surface area (Å²) in [4.78, 5) is 23.8. The van der Waals surface area contributed by atoms with Crippen molar-refractivity contribution in [2.24, 2.45) is 0 Å². The van der Waals surface area contributed by atoms with Gasteiger partial charge in [0.1, 0.15) is 5.60 Å². The number of carbonyl (C=O) groups is 2. The van der Waals surface area contributed by atoms with Crippen LogP contribution >= 0.6 is 9.24 Å². The zero-order chi connectivity index (χ0) is 12.2. The zero-order valence-electron chi connectivity index (χ0n) is 10.0. The van der Waals surface area contributed by atoms with Gasteiger partial charge in [-0.05, 0) is 13.8 Å². The van der Waals surface area contributed by atoms with Crippen molar-refractivity contribution in [2.45, 2.75) is 52.4 Å². The lowest BCUT2D eigenvalue weighted by molar-refractivity contribution is -0.128. The number of ether oxygens (including phenoxy) is 1. The van der Waals surface area contributed by atoms with E-state index in [4.69, 9.17) is 4.74 Å². The highest BCUT2D eigenvalue weighted by Crippen LogP contribution is 2.33. The van der Waals surface area contributed by atoms with Crippen molar-refractivity contribution >= 4 is 21.2 Å². The Morgan fingerprint density at radius 3 is 2.27 bits per heavy atom. The molecule has 1 rings (SSSR count). The second-order valence-electron chi connectivity index (χ2n) is 3.53. The van der Waals surface area contributed by atoms with Gasteiger partial charge in [0.15, 0.2) is 0 Å². The van der Waals surface area contributed by atoms with Gasteiger partial charge in [0.2, 0.25) is 5.91 Å². The van der Waals surface area contributed by atoms with Crippen LogP contribution < -0.4 is 0 Å². The number of cyclic esters (lactones) is 1. The Kier molecular flexibility index (Phi) is 5.22. The van der Waals surface area contributed by atoms with Gasteiger partial charge in [0.05, 0.1) is 5.78 Å². The molecule has 0 spiro atoms. The molecule has 0 N–H and O–H groups in total. The average molecular weight is 233 g/mol. The van der Waals surface area contributed by atoms with Gasteiger partial charge in [-0.3, -0.25) is 4.79 Å².